The zero-order valence-electron chi connectivity index (χ0n) is 18.8. The molecule has 1 aliphatic rings. The summed E-state index contributed by atoms with van der Waals surface area (Å²) in [6.07, 6.45) is 14.7. The number of nitrogens with zero attached hydrogens (tertiary/aromatic N) is 1. The van der Waals surface area contributed by atoms with Crippen LogP contribution < -0.4 is 0 Å². The zero-order valence-corrected chi connectivity index (χ0v) is 18.8. The van der Waals surface area contributed by atoms with Crippen molar-refractivity contribution in [1.82, 2.24) is 10.2 Å². The zero-order chi connectivity index (χ0) is 22.1. The predicted molar refractivity (Wildman–Crippen MR) is 133 cm³/mol. The van der Waals surface area contributed by atoms with Crippen molar-refractivity contribution < 1.29 is 7.65 Å². The summed E-state index contributed by atoms with van der Waals surface area (Å²) >= 11 is 0. The summed E-state index contributed by atoms with van der Waals surface area (Å²) in [4.78, 5) is 12.5. The molecule has 1 aliphatic carbocycles. The second-order valence-corrected chi connectivity index (χ2v) is 8.86. The maximum absolute atomic E-state index is 12.5. The average Bonchev–Trinajstić information content (AvgIpc) is 3.20. The monoisotopic (exact) mass is 418 g/mol. The number of carbonyl (C=O) groups excluding carboxylic acids is 1. The van der Waals surface area contributed by atoms with Gasteiger partial charge in [-0.15, -0.1) is 12.3 Å². The fraction of sp³-hybridized carbons (Fsp3) is 0.429. The molecule has 0 amide bonds. The Morgan fingerprint density at radius 1 is 1.19 bits per heavy atom. The molecule has 3 nitrogen and oxygen atoms in total. The Labute approximate surface area is 189 Å². The number of aryl methyl sites for hydroxylation is 1. The molecule has 0 spiro atoms. The van der Waals surface area contributed by atoms with E-state index in [1.165, 1.54) is 18.4 Å². The summed E-state index contributed by atoms with van der Waals surface area (Å²) < 4.78 is 0. The number of terminal acetylenes is 1. The van der Waals surface area contributed by atoms with Crippen molar-refractivity contribution in [3.63, 3.8) is 0 Å². The molecule has 0 radical (unpaired) electrons. The normalized spacial score (nSPS) is 20.9. The lowest BCUT2D eigenvalue weighted by Crippen LogP contribution is -2.09. The quantitative estimate of drug-likeness (QED) is 0.267. The molecular weight excluding hydrogens is 380 g/mol. The van der Waals surface area contributed by atoms with Gasteiger partial charge in [0.05, 0.1) is 11.7 Å². The molecule has 0 saturated heterocycles. The molecule has 0 bridgehead atoms. The van der Waals surface area contributed by atoms with Crippen LogP contribution in [0.4, 0.5) is 0 Å². The average molecular weight is 419 g/mol. The Bertz CT molecular complexity index is 1010. The maximum atomic E-state index is 12.5. The van der Waals surface area contributed by atoms with Gasteiger partial charge in [-0.3, -0.25) is 9.89 Å². The first-order valence-corrected chi connectivity index (χ1v) is 11.5. The highest BCUT2D eigenvalue weighted by molar-refractivity contribution is 5.99. The Morgan fingerprint density at radius 2 is 2.00 bits per heavy atom. The van der Waals surface area contributed by atoms with Crippen molar-refractivity contribution in [2.75, 3.05) is 0 Å². The number of Topliss-reactive ketones (excluding diaryl/α,β-unsaturated/α-hetero) is 1. The fourth-order valence-corrected chi connectivity index (χ4v) is 4.48. The van der Waals surface area contributed by atoms with Crippen LogP contribution in [0, 0.1) is 30.1 Å². The van der Waals surface area contributed by atoms with Gasteiger partial charge in [-0.1, -0.05) is 56.3 Å². The van der Waals surface area contributed by atoms with Gasteiger partial charge in [-0.05, 0) is 62.0 Å². The molecule has 4 rings (SSSR count). The standard InChI is InChI=1S/C20H24N2O.C8H10.2H2/c1-3-15-5-4-14(2)10-16(11-15)6-9-20(23)17-7-8-18-13-21-22-19(18)12-17;1-2-8-6-4-3-5-7-8;;/h1,7-8,12-16H,4-6,9-11H2,2H3,(H,21,22);3-7H,2H2,1H3;2*1H/t14-,15+,16-;;;/m0.../s1. The lowest BCUT2D eigenvalue weighted by Gasteiger charge is -2.17. The molecular formula is C28H38N2O. The van der Waals surface area contributed by atoms with Crippen LogP contribution in [0.5, 0.6) is 0 Å². The lowest BCUT2D eigenvalue weighted by atomic mass is 9.87. The van der Waals surface area contributed by atoms with E-state index in [9.17, 15) is 4.79 Å². The third kappa shape index (κ3) is 6.82. The van der Waals surface area contributed by atoms with E-state index in [-0.39, 0.29) is 8.64 Å². The van der Waals surface area contributed by atoms with Crippen molar-refractivity contribution in [2.24, 2.45) is 17.8 Å². The number of H-pyrrole nitrogens is 1. The van der Waals surface area contributed by atoms with Crippen molar-refractivity contribution in [2.45, 2.75) is 58.8 Å². The second-order valence-electron chi connectivity index (χ2n) is 8.86. The number of hydrogen-bond donors (Lipinski definition) is 1. The molecule has 0 aliphatic heterocycles. The highest BCUT2D eigenvalue weighted by atomic mass is 16.1. The Hall–Kier alpha value is -2.86. The van der Waals surface area contributed by atoms with Gasteiger partial charge in [0.15, 0.2) is 5.78 Å². The van der Waals surface area contributed by atoms with E-state index < -0.39 is 0 Å². The Balaban J connectivity index is 0.000000465. The van der Waals surface area contributed by atoms with Crippen LogP contribution in [0.3, 0.4) is 0 Å². The highest BCUT2D eigenvalue weighted by Crippen LogP contribution is 2.33. The van der Waals surface area contributed by atoms with Gasteiger partial charge in [-0.25, -0.2) is 0 Å². The van der Waals surface area contributed by atoms with Gasteiger partial charge >= 0.3 is 0 Å². The smallest absolute Gasteiger partial charge is 0.162 e. The molecule has 3 heteroatoms. The van der Waals surface area contributed by atoms with Crippen LogP contribution in [0.15, 0.2) is 54.7 Å². The minimum atomic E-state index is 0. The third-order valence-electron chi connectivity index (χ3n) is 6.39. The number of aromatic amines is 1. The minimum absolute atomic E-state index is 0. The van der Waals surface area contributed by atoms with Gasteiger partial charge in [0.25, 0.3) is 0 Å². The van der Waals surface area contributed by atoms with Crippen LogP contribution in [-0.4, -0.2) is 16.0 Å². The van der Waals surface area contributed by atoms with E-state index in [1.54, 1.807) is 6.20 Å². The number of benzene rings is 2. The van der Waals surface area contributed by atoms with Crippen molar-refractivity contribution >= 4 is 16.7 Å². The number of ketones is 1. The van der Waals surface area contributed by atoms with Crippen molar-refractivity contribution in [3.8, 4) is 12.3 Å². The molecule has 0 unspecified atom stereocenters. The van der Waals surface area contributed by atoms with E-state index >= 15 is 0 Å². The number of fused-ring (bicyclic) bond motifs is 1. The largest absolute Gasteiger partial charge is 0.294 e. The summed E-state index contributed by atoms with van der Waals surface area (Å²) in [5.41, 5.74) is 3.11. The molecule has 2 aromatic carbocycles. The summed E-state index contributed by atoms with van der Waals surface area (Å²) in [6.45, 7) is 4.47. The first kappa shape index (κ1) is 22.8. The third-order valence-corrected chi connectivity index (χ3v) is 6.39. The Kier molecular flexibility index (Phi) is 8.47. The highest BCUT2D eigenvalue weighted by Gasteiger charge is 2.23. The van der Waals surface area contributed by atoms with Gasteiger partial charge in [0.2, 0.25) is 0 Å². The Morgan fingerprint density at radius 3 is 2.71 bits per heavy atom. The van der Waals surface area contributed by atoms with E-state index in [4.69, 9.17) is 6.42 Å². The molecule has 1 heterocycles. The number of hydrogen-bond acceptors (Lipinski definition) is 2. The molecule has 1 saturated carbocycles. The van der Waals surface area contributed by atoms with E-state index in [2.05, 4.69) is 54.2 Å². The summed E-state index contributed by atoms with van der Waals surface area (Å²) in [5, 5.41) is 7.96. The topological polar surface area (TPSA) is 45.8 Å². The van der Waals surface area contributed by atoms with E-state index in [1.807, 2.05) is 24.3 Å². The predicted octanol–water partition coefficient (Wildman–Crippen LogP) is 7.34. The number of carbonyl (C=O) groups is 1. The van der Waals surface area contributed by atoms with Gasteiger partial charge in [0.1, 0.15) is 0 Å². The van der Waals surface area contributed by atoms with Crippen LogP contribution >= 0.6 is 0 Å². The number of nitrogens with one attached hydrogen (secondary N) is 1. The van der Waals surface area contributed by atoms with Crippen molar-refractivity contribution in [3.05, 3.63) is 65.9 Å². The van der Waals surface area contributed by atoms with E-state index in [0.717, 1.165) is 48.1 Å². The van der Waals surface area contributed by atoms with E-state index in [0.29, 0.717) is 18.3 Å². The molecule has 3 atom stereocenters. The van der Waals surface area contributed by atoms with Crippen molar-refractivity contribution in [1.29, 1.82) is 0 Å². The minimum Gasteiger partial charge on any atom is -0.294 e. The summed E-state index contributed by atoms with van der Waals surface area (Å²) in [7, 11) is 0. The first-order valence-electron chi connectivity index (χ1n) is 11.5. The number of aromatic nitrogens is 2. The lowest BCUT2D eigenvalue weighted by molar-refractivity contribution is 0.0971. The second kappa shape index (κ2) is 11.5. The SMILES string of the molecule is C#C[C@@H]1CC[C@H](C)C[C@H](CCC(=O)c2ccc3cn[nH]c3c2)C1.CCc1ccccc1.[HH].[HH]. The molecule has 31 heavy (non-hydrogen) atoms. The van der Waals surface area contributed by atoms with Crippen LogP contribution in [0.25, 0.3) is 10.9 Å². The molecule has 3 aromatic rings. The van der Waals surface area contributed by atoms with Gasteiger partial charge < -0.3 is 0 Å². The van der Waals surface area contributed by atoms with Crippen LogP contribution in [0.1, 0.15) is 71.1 Å². The molecule has 1 N–H and O–H groups in total. The first-order chi connectivity index (χ1) is 15.1. The molecule has 166 valence electrons. The fourth-order valence-electron chi connectivity index (χ4n) is 4.48. The summed E-state index contributed by atoms with van der Waals surface area (Å²) in [5.74, 6) is 4.84. The summed E-state index contributed by atoms with van der Waals surface area (Å²) in [6, 6.07) is 16.2. The molecule has 1 fully saturated rings. The number of rotatable bonds is 5. The van der Waals surface area contributed by atoms with Gasteiger partial charge in [-0.2, -0.15) is 5.10 Å². The van der Waals surface area contributed by atoms with Crippen LogP contribution in [-0.2, 0) is 6.42 Å². The maximum Gasteiger partial charge on any atom is 0.162 e. The molecule has 1 aromatic heterocycles. The van der Waals surface area contributed by atoms with Gasteiger partial charge in [0, 0.05) is 26.1 Å². The van der Waals surface area contributed by atoms with Crippen LogP contribution in [0.2, 0.25) is 0 Å².